The number of aryl methyl sites for hydroxylation is 1. The van der Waals surface area contributed by atoms with Crippen LogP contribution >= 0.6 is 0 Å². The molecule has 4 rings (SSSR count). The van der Waals surface area contributed by atoms with Gasteiger partial charge in [-0.1, -0.05) is 30.3 Å². The number of hydrogen-bond donors (Lipinski definition) is 1. The topological polar surface area (TPSA) is 84.9 Å². The molecule has 0 spiro atoms. The molecule has 0 radical (unpaired) electrons. The highest BCUT2D eigenvalue weighted by Crippen LogP contribution is 2.32. The Morgan fingerprint density at radius 2 is 1.82 bits per heavy atom. The van der Waals surface area contributed by atoms with Crippen LogP contribution in [-0.2, 0) is 23.0 Å². The summed E-state index contributed by atoms with van der Waals surface area (Å²) in [6.07, 6.45) is 0.764. The molecule has 172 valence electrons. The molecule has 0 saturated heterocycles. The monoisotopic (exact) mass is 466 g/mol. The van der Waals surface area contributed by atoms with Crippen LogP contribution in [0.15, 0.2) is 65.6 Å². The first-order valence-corrected chi connectivity index (χ1v) is 12.0. The van der Waals surface area contributed by atoms with Gasteiger partial charge in [0.15, 0.2) is 0 Å². The molecule has 0 aliphatic carbocycles. The number of amides is 1. The number of nitrogens with zero attached hydrogens (tertiary/aromatic N) is 1. The standard InChI is InChI=1S/C25H26N2O5S/c1-17-6-4-5-7-21(17)25(28)27-13-12-19-9-8-18(14-22(19)27)16-26-33(29,30)24-15-20(31-2)10-11-23(24)32-3/h4-11,14-15,26H,12-13,16H2,1-3H3. The molecule has 1 N–H and O–H groups in total. The van der Waals surface area contributed by atoms with Crippen LogP contribution in [0.3, 0.4) is 0 Å². The fraction of sp³-hybridized carbons (Fsp3) is 0.240. The van der Waals surface area contributed by atoms with Gasteiger partial charge in [0.2, 0.25) is 10.0 Å². The molecule has 3 aromatic rings. The number of benzene rings is 3. The molecule has 0 unspecified atom stereocenters. The number of ether oxygens (including phenoxy) is 2. The van der Waals surface area contributed by atoms with Gasteiger partial charge in [0.1, 0.15) is 16.4 Å². The molecule has 7 nitrogen and oxygen atoms in total. The number of anilines is 1. The number of sulfonamides is 1. The number of methoxy groups -OCH3 is 2. The van der Waals surface area contributed by atoms with Crippen LogP contribution in [0.5, 0.6) is 11.5 Å². The Morgan fingerprint density at radius 3 is 2.55 bits per heavy atom. The summed E-state index contributed by atoms with van der Waals surface area (Å²) in [5, 5.41) is 0. The average molecular weight is 467 g/mol. The second-order valence-corrected chi connectivity index (χ2v) is 9.56. The third-order valence-corrected chi connectivity index (χ3v) is 7.21. The quantitative estimate of drug-likeness (QED) is 0.574. The summed E-state index contributed by atoms with van der Waals surface area (Å²) in [5.41, 5.74) is 4.23. The number of nitrogens with one attached hydrogen (secondary N) is 1. The van der Waals surface area contributed by atoms with E-state index >= 15 is 0 Å². The highest BCUT2D eigenvalue weighted by atomic mass is 32.2. The average Bonchev–Trinajstić information content (AvgIpc) is 3.25. The number of hydrogen-bond acceptors (Lipinski definition) is 5. The van der Waals surface area contributed by atoms with E-state index in [1.165, 1.54) is 20.3 Å². The summed E-state index contributed by atoms with van der Waals surface area (Å²) in [7, 11) is -0.971. The van der Waals surface area contributed by atoms with Gasteiger partial charge in [-0.2, -0.15) is 0 Å². The molecular formula is C25H26N2O5S. The lowest BCUT2D eigenvalue weighted by atomic mass is 10.1. The van der Waals surface area contributed by atoms with Crippen molar-refractivity contribution in [2.24, 2.45) is 0 Å². The number of carbonyl (C=O) groups excluding carboxylic acids is 1. The SMILES string of the molecule is COc1ccc(OC)c(S(=O)(=O)NCc2ccc3c(c2)N(C(=O)c2ccccc2C)CC3)c1. The van der Waals surface area contributed by atoms with Gasteiger partial charge in [-0.05, 0) is 54.3 Å². The highest BCUT2D eigenvalue weighted by molar-refractivity contribution is 7.89. The summed E-state index contributed by atoms with van der Waals surface area (Å²) in [6, 6.07) is 17.8. The molecule has 1 aliphatic rings. The molecule has 0 fully saturated rings. The van der Waals surface area contributed by atoms with Crippen LogP contribution in [0.4, 0.5) is 5.69 Å². The van der Waals surface area contributed by atoms with Gasteiger partial charge in [0, 0.05) is 30.4 Å². The highest BCUT2D eigenvalue weighted by Gasteiger charge is 2.27. The first-order valence-electron chi connectivity index (χ1n) is 10.5. The summed E-state index contributed by atoms with van der Waals surface area (Å²) in [4.78, 5) is 14.9. The predicted octanol–water partition coefficient (Wildman–Crippen LogP) is 3.69. The zero-order valence-electron chi connectivity index (χ0n) is 18.8. The normalized spacial score (nSPS) is 13.0. The molecule has 3 aromatic carbocycles. The van der Waals surface area contributed by atoms with Gasteiger partial charge in [-0.15, -0.1) is 0 Å². The minimum Gasteiger partial charge on any atom is -0.497 e. The first-order chi connectivity index (χ1) is 15.8. The van der Waals surface area contributed by atoms with Crippen molar-refractivity contribution in [2.75, 3.05) is 25.7 Å². The lowest BCUT2D eigenvalue weighted by Crippen LogP contribution is -2.29. The summed E-state index contributed by atoms with van der Waals surface area (Å²) < 4.78 is 38.9. The fourth-order valence-corrected chi connectivity index (χ4v) is 5.15. The van der Waals surface area contributed by atoms with Crippen LogP contribution in [0.25, 0.3) is 0 Å². The smallest absolute Gasteiger partial charge is 0.258 e. The van der Waals surface area contributed by atoms with Gasteiger partial charge < -0.3 is 14.4 Å². The Labute approximate surface area is 194 Å². The van der Waals surface area contributed by atoms with Crippen molar-refractivity contribution in [1.29, 1.82) is 0 Å². The fourth-order valence-electron chi connectivity index (χ4n) is 3.95. The lowest BCUT2D eigenvalue weighted by molar-refractivity contribution is 0.0989. The van der Waals surface area contributed by atoms with Gasteiger partial charge in [-0.3, -0.25) is 4.79 Å². The Balaban J connectivity index is 1.56. The van der Waals surface area contributed by atoms with Crippen molar-refractivity contribution < 1.29 is 22.7 Å². The van der Waals surface area contributed by atoms with Crippen molar-refractivity contribution in [3.8, 4) is 11.5 Å². The van der Waals surface area contributed by atoms with E-state index < -0.39 is 10.0 Å². The Kier molecular flexibility index (Phi) is 6.40. The molecule has 0 aromatic heterocycles. The van der Waals surface area contributed by atoms with E-state index in [1.807, 2.05) is 49.4 Å². The van der Waals surface area contributed by atoms with Gasteiger partial charge in [0.25, 0.3) is 5.91 Å². The van der Waals surface area contributed by atoms with E-state index in [0.29, 0.717) is 17.9 Å². The maximum Gasteiger partial charge on any atom is 0.258 e. The number of carbonyl (C=O) groups is 1. The van der Waals surface area contributed by atoms with E-state index in [0.717, 1.165) is 28.8 Å². The van der Waals surface area contributed by atoms with E-state index in [2.05, 4.69) is 4.72 Å². The molecule has 8 heteroatoms. The van der Waals surface area contributed by atoms with E-state index in [9.17, 15) is 13.2 Å². The summed E-state index contributed by atoms with van der Waals surface area (Å²) in [6.45, 7) is 2.59. The second-order valence-electron chi connectivity index (χ2n) is 7.83. The van der Waals surface area contributed by atoms with Crippen LogP contribution in [0.1, 0.15) is 27.0 Å². The van der Waals surface area contributed by atoms with Crippen molar-refractivity contribution >= 4 is 21.6 Å². The van der Waals surface area contributed by atoms with Crippen molar-refractivity contribution in [2.45, 2.75) is 24.8 Å². The Hall–Kier alpha value is -3.36. The zero-order chi connectivity index (χ0) is 23.6. The molecular weight excluding hydrogens is 440 g/mol. The number of fused-ring (bicyclic) bond motifs is 1. The third-order valence-electron chi connectivity index (χ3n) is 5.79. The molecule has 0 bridgehead atoms. The van der Waals surface area contributed by atoms with Crippen LogP contribution < -0.4 is 19.1 Å². The van der Waals surface area contributed by atoms with Crippen molar-refractivity contribution in [3.63, 3.8) is 0 Å². The van der Waals surface area contributed by atoms with Crippen molar-refractivity contribution in [3.05, 3.63) is 82.9 Å². The molecule has 0 saturated carbocycles. The van der Waals surface area contributed by atoms with E-state index in [1.54, 1.807) is 17.0 Å². The largest absolute Gasteiger partial charge is 0.497 e. The van der Waals surface area contributed by atoms with Crippen LogP contribution in [-0.4, -0.2) is 35.1 Å². The Bertz CT molecular complexity index is 1300. The molecule has 1 aliphatic heterocycles. The van der Waals surface area contributed by atoms with Crippen LogP contribution in [0, 0.1) is 6.92 Å². The third kappa shape index (κ3) is 4.58. The molecule has 0 atom stereocenters. The first kappa shape index (κ1) is 22.8. The van der Waals surface area contributed by atoms with E-state index in [-0.39, 0.29) is 23.1 Å². The van der Waals surface area contributed by atoms with Crippen LogP contribution in [0.2, 0.25) is 0 Å². The van der Waals surface area contributed by atoms with Gasteiger partial charge in [0.05, 0.1) is 14.2 Å². The maximum atomic E-state index is 13.2. The molecule has 1 amide bonds. The molecule has 33 heavy (non-hydrogen) atoms. The number of rotatable bonds is 7. The lowest BCUT2D eigenvalue weighted by Gasteiger charge is -2.19. The minimum absolute atomic E-state index is 0.00173. The van der Waals surface area contributed by atoms with E-state index in [4.69, 9.17) is 9.47 Å². The molecule has 1 heterocycles. The Morgan fingerprint density at radius 1 is 1.03 bits per heavy atom. The summed E-state index contributed by atoms with van der Waals surface area (Å²) in [5.74, 6) is 0.594. The zero-order valence-corrected chi connectivity index (χ0v) is 19.6. The van der Waals surface area contributed by atoms with Crippen molar-refractivity contribution in [1.82, 2.24) is 4.72 Å². The maximum absolute atomic E-state index is 13.2. The minimum atomic E-state index is -3.86. The summed E-state index contributed by atoms with van der Waals surface area (Å²) >= 11 is 0. The predicted molar refractivity (Wildman–Crippen MR) is 127 cm³/mol. The van der Waals surface area contributed by atoms with Gasteiger partial charge in [-0.25, -0.2) is 13.1 Å². The second kappa shape index (κ2) is 9.25. The van der Waals surface area contributed by atoms with Gasteiger partial charge >= 0.3 is 0 Å².